The van der Waals surface area contributed by atoms with Crippen LogP contribution >= 0.6 is 0 Å². The summed E-state index contributed by atoms with van der Waals surface area (Å²) in [6, 6.07) is 11.7. The van der Waals surface area contributed by atoms with Gasteiger partial charge in [-0.1, -0.05) is 6.07 Å². The first-order valence-corrected chi connectivity index (χ1v) is 5.76. The molecule has 3 aromatic rings. The number of phenols is 1. The van der Waals surface area contributed by atoms with Crippen LogP contribution in [0.5, 0.6) is 5.75 Å². The Hall–Kier alpha value is -2.82. The average molecular weight is 253 g/mol. The highest BCUT2D eigenvalue weighted by molar-refractivity contribution is 6.12. The molecule has 0 saturated heterocycles. The van der Waals surface area contributed by atoms with Gasteiger partial charge in [0.2, 0.25) is 0 Å². The van der Waals surface area contributed by atoms with Gasteiger partial charge in [-0.3, -0.25) is 9.89 Å². The smallest absolute Gasteiger partial charge is 0.256 e. The summed E-state index contributed by atoms with van der Waals surface area (Å²) in [5, 5.41) is 19.5. The van der Waals surface area contributed by atoms with Gasteiger partial charge in [0, 0.05) is 11.1 Å². The molecule has 0 saturated carbocycles. The predicted octanol–water partition coefficient (Wildman–Crippen LogP) is 2.52. The molecule has 94 valence electrons. The van der Waals surface area contributed by atoms with E-state index in [-0.39, 0.29) is 11.7 Å². The van der Waals surface area contributed by atoms with Crippen molar-refractivity contribution in [2.45, 2.75) is 0 Å². The molecule has 0 aliphatic carbocycles. The SMILES string of the molecule is O=C(Nc1ccc(O)cc1)c1cccc2[nH]ncc12. The van der Waals surface area contributed by atoms with Crippen LogP contribution in [0.4, 0.5) is 5.69 Å². The van der Waals surface area contributed by atoms with Gasteiger partial charge < -0.3 is 10.4 Å². The van der Waals surface area contributed by atoms with Crippen LogP contribution in [0.2, 0.25) is 0 Å². The molecular formula is C14H11N3O2. The van der Waals surface area contributed by atoms with E-state index in [2.05, 4.69) is 15.5 Å². The second-order valence-corrected chi connectivity index (χ2v) is 4.14. The Kier molecular flexibility index (Phi) is 2.64. The molecule has 0 spiro atoms. The van der Waals surface area contributed by atoms with Crippen LogP contribution in [0.15, 0.2) is 48.7 Å². The van der Waals surface area contributed by atoms with Crippen LogP contribution in [0, 0.1) is 0 Å². The summed E-state index contributed by atoms with van der Waals surface area (Å²) in [6.45, 7) is 0. The lowest BCUT2D eigenvalue weighted by molar-refractivity contribution is 0.102. The summed E-state index contributed by atoms with van der Waals surface area (Å²) in [6.07, 6.45) is 1.63. The van der Waals surface area contributed by atoms with E-state index in [0.717, 1.165) is 10.9 Å². The molecule has 1 aromatic heterocycles. The van der Waals surface area contributed by atoms with E-state index >= 15 is 0 Å². The zero-order valence-electron chi connectivity index (χ0n) is 9.92. The minimum absolute atomic E-state index is 0.162. The number of aromatic amines is 1. The topological polar surface area (TPSA) is 78.0 Å². The molecule has 0 aliphatic rings. The van der Waals surface area contributed by atoms with Gasteiger partial charge in [-0.15, -0.1) is 0 Å². The molecule has 0 bridgehead atoms. The number of rotatable bonds is 2. The van der Waals surface area contributed by atoms with Crippen molar-refractivity contribution in [3.63, 3.8) is 0 Å². The number of carbonyl (C=O) groups is 1. The Balaban J connectivity index is 1.92. The summed E-state index contributed by atoms with van der Waals surface area (Å²) >= 11 is 0. The molecule has 2 aromatic carbocycles. The number of anilines is 1. The minimum Gasteiger partial charge on any atom is -0.508 e. The third-order valence-electron chi connectivity index (χ3n) is 2.85. The molecule has 3 rings (SSSR count). The summed E-state index contributed by atoms with van der Waals surface area (Å²) in [5.74, 6) is -0.0485. The normalized spacial score (nSPS) is 10.5. The number of hydrogen-bond acceptors (Lipinski definition) is 3. The Labute approximate surface area is 108 Å². The molecule has 0 atom stereocenters. The number of aromatic hydroxyl groups is 1. The number of amides is 1. The zero-order chi connectivity index (χ0) is 13.2. The number of nitrogens with zero attached hydrogens (tertiary/aromatic N) is 1. The molecule has 0 aliphatic heterocycles. The van der Waals surface area contributed by atoms with Crippen molar-refractivity contribution in [1.29, 1.82) is 0 Å². The van der Waals surface area contributed by atoms with Crippen molar-refractivity contribution < 1.29 is 9.90 Å². The Morgan fingerprint density at radius 3 is 2.74 bits per heavy atom. The maximum Gasteiger partial charge on any atom is 0.256 e. The van der Waals surface area contributed by atoms with Crippen molar-refractivity contribution in [1.82, 2.24) is 10.2 Å². The first-order valence-electron chi connectivity index (χ1n) is 5.76. The molecule has 3 N–H and O–H groups in total. The highest BCUT2D eigenvalue weighted by atomic mass is 16.3. The Morgan fingerprint density at radius 1 is 1.16 bits per heavy atom. The molecule has 1 heterocycles. The van der Waals surface area contributed by atoms with Gasteiger partial charge in [0.15, 0.2) is 0 Å². The molecule has 5 heteroatoms. The Morgan fingerprint density at radius 2 is 1.95 bits per heavy atom. The van der Waals surface area contributed by atoms with Crippen molar-refractivity contribution in [3.8, 4) is 5.75 Å². The van der Waals surface area contributed by atoms with Gasteiger partial charge >= 0.3 is 0 Å². The fourth-order valence-corrected chi connectivity index (χ4v) is 1.91. The van der Waals surface area contributed by atoms with Gasteiger partial charge in [0.1, 0.15) is 5.75 Å². The van der Waals surface area contributed by atoms with Gasteiger partial charge in [-0.05, 0) is 36.4 Å². The second kappa shape index (κ2) is 4.45. The number of H-pyrrole nitrogens is 1. The molecule has 0 fully saturated rings. The summed E-state index contributed by atoms with van der Waals surface area (Å²) in [7, 11) is 0. The van der Waals surface area contributed by atoms with E-state index < -0.39 is 0 Å². The number of fused-ring (bicyclic) bond motifs is 1. The van der Waals surface area contributed by atoms with E-state index in [9.17, 15) is 9.90 Å². The third kappa shape index (κ3) is 2.13. The van der Waals surface area contributed by atoms with Crippen molar-refractivity contribution in [3.05, 3.63) is 54.2 Å². The van der Waals surface area contributed by atoms with E-state index in [0.29, 0.717) is 11.3 Å². The lowest BCUT2D eigenvalue weighted by atomic mass is 10.1. The van der Waals surface area contributed by atoms with Gasteiger partial charge in [-0.25, -0.2) is 0 Å². The van der Waals surface area contributed by atoms with E-state index in [1.54, 1.807) is 30.5 Å². The van der Waals surface area contributed by atoms with Crippen LogP contribution in [0.1, 0.15) is 10.4 Å². The van der Waals surface area contributed by atoms with Crippen LogP contribution in [0.25, 0.3) is 10.9 Å². The van der Waals surface area contributed by atoms with E-state index in [4.69, 9.17) is 0 Å². The van der Waals surface area contributed by atoms with Gasteiger partial charge in [-0.2, -0.15) is 5.10 Å². The fourth-order valence-electron chi connectivity index (χ4n) is 1.91. The maximum absolute atomic E-state index is 12.2. The van der Waals surface area contributed by atoms with E-state index in [1.165, 1.54) is 12.1 Å². The molecule has 19 heavy (non-hydrogen) atoms. The van der Waals surface area contributed by atoms with Crippen molar-refractivity contribution >= 4 is 22.5 Å². The van der Waals surface area contributed by atoms with Crippen LogP contribution in [-0.4, -0.2) is 21.2 Å². The molecule has 0 unspecified atom stereocenters. The maximum atomic E-state index is 12.2. The fraction of sp³-hybridized carbons (Fsp3) is 0. The van der Waals surface area contributed by atoms with Crippen LogP contribution < -0.4 is 5.32 Å². The lowest BCUT2D eigenvalue weighted by Crippen LogP contribution is -2.11. The van der Waals surface area contributed by atoms with Crippen LogP contribution in [0.3, 0.4) is 0 Å². The first kappa shape index (κ1) is 11.3. The second-order valence-electron chi connectivity index (χ2n) is 4.14. The average Bonchev–Trinajstić information content (AvgIpc) is 2.89. The number of benzene rings is 2. The number of carbonyl (C=O) groups excluding carboxylic acids is 1. The minimum atomic E-state index is -0.210. The highest BCUT2D eigenvalue weighted by Gasteiger charge is 2.11. The summed E-state index contributed by atoms with van der Waals surface area (Å²) in [4.78, 5) is 12.2. The first-order chi connectivity index (χ1) is 9.24. The standard InChI is InChI=1S/C14H11N3O2/c18-10-6-4-9(5-7-10)16-14(19)11-2-1-3-13-12(11)8-15-17-13/h1-8,18H,(H,15,17)(H,16,19). The number of nitrogens with one attached hydrogen (secondary N) is 2. The Bertz CT molecular complexity index is 732. The van der Waals surface area contributed by atoms with Crippen molar-refractivity contribution in [2.75, 3.05) is 5.32 Å². The molecule has 1 amide bonds. The number of aromatic nitrogens is 2. The summed E-state index contributed by atoms with van der Waals surface area (Å²) < 4.78 is 0. The monoisotopic (exact) mass is 253 g/mol. The van der Waals surface area contributed by atoms with Crippen LogP contribution in [-0.2, 0) is 0 Å². The van der Waals surface area contributed by atoms with Gasteiger partial charge in [0.25, 0.3) is 5.91 Å². The molecule has 5 nitrogen and oxygen atoms in total. The predicted molar refractivity (Wildman–Crippen MR) is 72.2 cm³/mol. The van der Waals surface area contributed by atoms with Gasteiger partial charge in [0.05, 0.1) is 17.3 Å². The lowest BCUT2D eigenvalue weighted by Gasteiger charge is -2.06. The number of phenolic OH excluding ortho intramolecular Hbond substituents is 1. The highest BCUT2D eigenvalue weighted by Crippen LogP contribution is 2.19. The molecule has 0 radical (unpaired) electrons. The zero-order valence-corrected chi connectivity index (χ0v) is 9.92. The molecular weight excluding hydrogens is 242 g/mol. The third-order valence-corrected chi connectivity index (χ3v) is 2.85. The van der Waals surface area contributed by atoms with E-state index in [1.807, 2.05) is 6.07 Å². The number of hydrogen-bond donors (Lipinski definition) is 3. The van der Waals surface area contributed by atoms with Crippen molar-refractivity contribution in [2.24, 2.45) is 0 Å². The quantitative estimate of drug-likeness (QED) is 0.614. The summed E-state index contributed by atoms with van der Waals surface area (Å²) in [5.41, 5.74) is 2.00. The largest absolute Gasteiger partial charge is 0.508 e.